The molecule has 1 saturated heterocycles. The Bertz CT molecular complexity index is 1110. The van der Waals surface area contributed by atoms with Crippen LogP contribution in [0.1, 0.15) is 6.42 Å². The van der Waals surface area contributed by atoms with E-state index in [0.717, 1.165) is 11.4 Å². The predicted octanol–water partition coefficient (Wildman–Crippen LogP) is 1.99. The van der Waals surface area contributed by atoms with Gasteiger partial charge >= 0.3 is 0 Å². The highest BCUT2D eigenvalue weighted by Gasteiger charge is 2.41. The number of nitrogens with zero attached hydrogens (tertiary/aromatic N) is 1. The van der Waals surface area contributed by atoms with Crippen molar-refractivity contribution >= 4 is 56.4 Å². The Balaban J connectivity index is 1.39. The van der Waals surface area contributed by atoms with E-state index in [1.807, 2.05) is 29.2 Å². The van der Waals surface area contributed by atoms with Crippen LogP contribution in [0.2, 0.25) is 10.0 Å². The fraction of sp³-hybridized carbons (Fsp3) is 0.263. The van der Waals surface area contributed by atoms with Crippen LogP contribution in [0.15, 0.2) is 47.4 Å². The standard InChI is InChI=1S/C19H18Cl2N4O4S/c20-12-4-3-5-13(21)18(12)30(28,29)22-9-17(26)23-11-8-16-19(27)24-14-6-1-2-7-15(14)25(16)10-11/h1-7,11,16,22H,8-10H2,(H,23,26)(H,24,27). The van der Waals surface area contributed by atoms with Gasteiger partial charge in [-0.05, 0) is 30.7 Å². The topological polar surface area (TPSA) is 108 Å². The van der Waals surface area contributed by atoms with Gasteiger partial charge in [-0.1, -0.05) is 41.4 Å². The van der Waals surface area contributed by atoms with E-state index < -0.39 is 22.5 Å². The molecule has 11 heteroatoms. The van der Waals surface area contributed by atoms with Crippen molar-refractivity contribution < 1.29 is 18.0 Å². The molecule has 4 rings (SSSR count). The summed E-state index contributed by atoms with van der Waals surface area (Å²) >= 11 is 11.9. The first-order valence-electron chi connectivity index (χ1n) is 9.16. The lowest BCUT2D eigenvalue weighted by atomic mass is 10.1. The summed E-state index contributed by atoms with van der Waals surface area (Å²) < 4.78 is 27.2. The maximum atomic E-state index is 12.5. The largest absolute Gasteiger partial charge is 0.356 e. The minimum atomic E-state index is -4.07. The number of halogens is 2. The summed E-state index contributed by atoms with van der Waals surface area (Å²) in [6.07, 6.45) is 0.426. The van der Waals surface area contributed by atoms with Crippen LogP contribution in [0.3, 0.4) is 0 Å². The average molecular weight is 469 g/mol. The lowest BCUT2D eigenvalue weighted by Crippen LogP contribution is -2.44. The number of anilines is 2. The van der Waals surface area contributed by atoms with Crippen LogP contribution in [0.4, 0.5) is 11.4 Å². The molecule has 2 aromatic carbocycles. The van der Waals surface area contributed by atoms with E-state index in [-0.39, 0.29) is 32.9 Å². The molecule has 2 amide bonds. The Kier molecular flexibility index (Phi) is 5.63. The number of para-hydroxylation sites is 2. The molecule has 2 unspecified atom stereocenters. The van der Waals surface area contributed by atoms with Gasteiger partial charge in [0, 0.05) is 12.6 Å². The molecule has 30 heavy (non-hydrogen) atoms. The van der Waals surface area contributed by atoms with Crippen LogP contribution in [-0.4, -0.2) is 45.4 Å². The second kappa shape index (κ2) is 8.07. The number of amides is 2. The van der Waals surface area contributed by atoms with Crippen LogP contribution < -0.4 is 20.3 Å². The van der Waals surface area contributed by atoms with Gasteiger partial charge in [0.2, 0.25) is 21.8 Å². The van der Waals surface area contributed by atoms with Crippen LogP contribution in [0.25, 0.3) is 0 Å². The molecule has 0 spiro atoms. The number of nitrogens with one attached hydrogen (secondary N) is 3. The van der Waals surface area contributed by atoms with Crippen molar-refractivity contribution in [1.29, 1.82) is 0 Å². The highest BCUT2D eigenvalue weighted by Crippen LogP contribution is 2.36. The van der Waals surface area contributed by atoms with Crippen molar-refractivity contribution in [2.24, 2.45) is 0 Å². The van der Waals surface area contributed by atoms with Gasteiger partial charge in [-0.2, -0.15) is 0 Å². The summed E-state index contributed by atoms with van der Waals surface area (Å²) in [7, 11) is -4.07. The van der Waals surface area contributed by atoms with Gasteiger partial charge in [-0.15, -0.1) is 0 Å². The number of hydrogen-bond acceptors (Lipinski definition) is 5. The number of hydrogen-bond donors (Lipinski definition) is 3. The molecule has 0 saturated carbocycles. The van der Waals surface area contributed by atoms with Crippen LogP contribution in [-0.2, 0) is 19.6 Å². The Morgan fingerprint density at radius 1 is 1.13 bits per heavy atom. The van der Waals surface area contributed by atoms with Crippen LogP contribution >= 0.6 is 23.2 Å². The normalized spacial score (nSPS) is 20.3. The van der Waals surface area contributed by atoms with Gasteiger partial charge in [-0.25, -0.2) is 13.1 Å². The van der Waals surface area contributed by atoms with Gasteiger partial charge in [0.25, 0.3) is 0 Å². The summed E-state index contributed by atoms with van der Waals surface area (Å²) in [6, 6.07) is 11.1. The number of carbonyl (C=O) groups excluding carboxylic acids is 2. The molecular weight excluding hydrogens is 451 g/mol. The first-order valence-corrected chi connectivity index (χ1v) is 11.4. The number of rotatable bonds is 5. The molecule has 2 aliphatic heterocycles. The summed E-state index contributed by atoms with van der Waals surface area (Å²) in [5.41, 5.74) is 1.63. The number of fused-ring (bicyclic) bond motifs is 3. The Morgan fingerprint density at radius 2 is 1.83 bits per heavy atom. The van der Waals surface area contributed by atoms with E-state index in [0.29, 0.717) is 13.0 Å². The van der Waals surface area contributed by atoms with E-state index >= 15 is 0 Å². The third-order valence-corrected chi connectivity index (χ3v) is 7.41. The maximum Gasteiger partial charge on any atom is 0.247 e. The molecule has 8 nitrogen and oxygen atoms in total. The van der Waals surface area contributed by atoms with E-state index in [1.165, 1.54) is 18.2 Å². The van der Waals surface area contributed by atoms with Crippen molar-refractivity contribution in [2.45, 2.75) is 23.4 Å². The molecule has 2 aliphatic rings. The summed E-state index contributed by atoms with van der Waals surface area (Å²) in [5, 5.41) is 5.59. The van der Waals surface area contributed by atoms with E-state index in [1.54, 1.807) is 0 Å². The minimum Gasteiger partial charge on any atom is -0.356 e. The second-order valence-electron chi connectivity index (χ2n) is 7.05. The van der Waals surface area contributed by atoms with Crippen LogP contribution in [0.5, 0.6) is 0 Å². The number of carbonyl (C=O) groups is 2. The minimum absolute atomic E-state index is 0.0345. The van der Waals surface area contributed by atoms with Gasteiger partial charge < -0.3 is 15.5 Å². The lowest BCUT2D eigenvalue weighted by Gasteiger charge is -2.32. The summed E-state index contributed by atoms with van der Waals surface area (Å²) in [5.74, 6) is -0.639. The zero-order chi connectivity index (χ0) is 21.5. The molecule has 2 aromatic rings. The second-order valence-corrected chi connectivity index (χ2v) is 9.57. The maximum absolute atomic E-state index is 12.5. The van der Waals surface area contributed by atoms with Crippen molar-refractivity contribution in [3.63, 3.8) is 0 Å². The molecule has 0 aliphatic carbocycles. The number of sulfonamides is 1. The molecule has 1 fully saturated rings. The third-order valence-electron chi connectivity index (χ3n) is 5.05. The van der Waals surface area contributed by atoms with E-state index in [4.69, 9.17) is 23.2 Å². The quantitative estimate of drug-likeness (QED) is 0.621. The molecule has 3 N–H and O–H groups in total. The van der Waals surface area contributed by atoms with Gasteiger partial charge in [-0.3, -0.25) is 9.59 Å². The summed E-state index contributed by atoms with van der Waals surface area (Å²) in [6.45, 7) is -0.0300. The Hall–Kier alpha value is -2.33. The van der Waals surface area contributed by atoms with Crippen molar-refractivity contribution in [3.05, 3.63) is 52.5 Å². The molecule has 2 atom stereocenters. The average Bonchev–Trinajstić information content (AvgIpc) is 3.11. The summed E-state index contributed by atoms with van der Waals surface area (Å²) in [4.78, 5) is 26.4. The predicted molar refractivity (Wildman–Crippen MR) is 114 cm³/mol. The fourth-order valence-corrected chi connectivity index (χ4v) is 5.87. The van der Waals surface area contributed by atoms with Crippen molar-refractivity contribution in [1.82, 2.24) is 10.0 Å². The van der Waals surface area contributed by atoms with Crippen molar-refractivity contribution in [3.8, 4) is 0 Å². The molecule has 0 radical (unpaired) electrons. The Morgan fingerprint density at radius 3 is 2.57 bits per heavy atom. The van der Waals surface area contributed by atoms with E-state index in [2.05, 4.69) is 15.4 Å². The number of benzene rings is 2. The molecular formula is C19H18Cl2N4O4S. The first-order chi connectivity index (χ1) is 14.3. The van der Waals surface area contributed by atoms with Crippen LogP contribution in [0, 0.1) is 0 Å². The van der Waals surface area contributed by atoms with E-state index in [9.17, 15) is 18.0 Å². The van der Waals surface area contributed by atoms with Crippen molar-refractivity contribution in [2.75, 3.05) is 23.3 Å². The SMILES string of the molecule is O=C(CNS(=O)(=O)c1c(Cl)cccc1Cl)NC1CC2C(=O)Nc3ccccc3N2C1. The highest BCUT2D eigenvalue weighted by atomic mass is 35.5. The lowest BCUT2D eigenvalue weighted by molar-refractivity contribution is -0.121. The smallest absolute Gasteiger partial charge is 0.247 e. The highest BCUT2D eigenvalue weighted by molar-refractivity contribution is 7.89. The van der Waals surface area contributed by atoms with Gasteiger partial charge in [0.15, 0.2) is 0 Å². The zero-order valence-corrected chi connectivity index (χ0v) is 17.9. The zero-order valence-electron chi connectivity index (χ0n) is 15.6. The molecule has 2 heterocycles. The fourth-order valence-electron chi connectivity index (χ4n) is 3.75. The third kappa shape index (κ3) is 3.98. The Labute approximate surface area is 183 Å². The first kappa shape index (κ1) is 20.9. The monoisotopic (exact) mass is 468 g/mol. The molecule has 158 valence electrons. The molecule has 0 aromatic heterocycles. The van der Waals surface area contributed by atoms with Gasteiger partial charge in [0.05, 0.1) is 28.0 Å². The van der Waals surface area contributed by atoms with Gasteiger partial charge in [0.1, 0.15) is 10.9 Å². The molecule has 0 bridgehead atoms.